The summed E-state index contributed by atoms with van der Waals surface area (Å²) < 4.78 is 10.5. The molecule has 1 aromatic carbocycles. The lowest BCUT2D eigenvalue weighted by Crippen LogP contribution is -2.39. The molecule has 0 aliphatic carbocycles. The van der Waals surface area contributed by atoms with Crippen molar-refractivity contribution in [3.8, 4) is 5.75 Å². The van der Waals surface area contributed by atoms with E-state index in [9.17, 15) is 9.90 Å². The Morgan fingerprint density at radius 2 is 2.00 bits per heavy atom. The first-order valence-corrected chi connectivity index (χ1v) is 6.67. The second kappa shape index (κ2) is 7.96. The second-order valence-corrected chi connectivity index (χ2v) is 4.33. The normalized spacial score (nSPS) is 11.7. The van der Waals surface area contributed by atoms with Crippen LogP contribution in [0, 0.1) is 0 Å². The minimum absolute atomic E-state index is 0.0822. The highest BCUT2D eigenvalue weighted by molar-refractivity contribution is 5.73. The molecule has 6 heteroatoms. The van der Waals surface area contributed by atoms with Crippen molar-refractivity contribution in [2.24, 2.45) is 0 Å². The van der Waals surface area contributed by atoms with Crippen LogP contribution in [0.5, 0.6) is 5.75 Å². The van der Waals surface area contributed by atoms with Crippen LogP contribution in [-0.2, 0) is 0 Å². The van der Waals surface area contributed by atoms with Crippen molar-refractivity contribution in [1.82, 2.24) is 10.6 Å². The number of hydrogen-bond acceptors (Lipinski definition) is 4. The third-order valence-corrected chi connectivity index (χ3v) is 2.73. The van der Waals surface area contributed by atoms with Gasteiger partial charge in [0.05, 0.1) is 19.4 Å². The van der Waals surface area contributed by atoms with E-state index in [1.807, 2.05) is 30.3 Å². The standard InChI is InChI=1S/C15H18N2O4/c18-13(14-7-4-9-21-14)11-17-15(19)16-8-10-20-12-5-2-1-3-6-12/h1-7,9,13,18H,8,10-11H2,(H2,16,17,19). The number of carbonyl (C=O) groups excluding carboxylic acids is 1. The molecule has 1 heterocycles. The predicted molar refractivity (Wildman–Crippen MR) is 77.0 cm³/mol. The predicted octanol–water partition coefficient (Wildman–Crippen LogP) is 1.69. The molecule has 0 radical (unpaired) electrons. The Bertz CT molecular complexity index is 528. The van der Waals surface area contributed by atoms with Crippen LogP contribution in [0.3, 0.4) is 0 Å². The molecule has 0 saturated heterocycles. The van der Waals surface area contributed by atoms with E-state index < -0.39 is 6.10 Å². The molecule has 21 heavy (non-hydrogen) atoms. The molecule has 2 aromatic rings. The van der Waals surface area contributed by atoms with Crippen LogP contribution in [0.1, 0.15) is 11.9 Å². The van der Waals surface area contributed by atoms with Crippen molar-refractivity contribution < 1.29 is 19.1 Å². The number of furan rings is 1. The minimum Gasteiger partial charge on any atom is -0.492 e. The summed E-state index contributed by atoms with van der Waals surface area (Å²) in [6.45, 7) is 0.828. The average Bonchev–Trinajstić information content (AvgIpc) is 3.05. The van der Waals surface area contributed by atoms with Gasteiger partial charge in [0.1, 0.15) is 24.2 Å². The van der Waals surface area contributed by atoms with Gasteiger partial charge in [0.25, 0.3) is 0 Å². The fourth-order valence-corrected chi connectivity index (χ4v) is 1.68. The number of urea groups is 1. The zero-order chi connectivity index (χ0) is 14.9. The van der Waals surface area contributed by atoms with Gasteiger partial charge in [-0.25, -0.2) is 4.79 Å². The van der Waals surface area contributed by atoms with E-state index in [4.69, 9.17) is 9.15 Å². The Morgan fingerprint density at radius 3 is 2.71 bits per heavy atom. The number of ether oxygens (including phenoxy) is 1. The first kappa shape index (κ1) is 14.9. The highest BCUT2D eigenvalue weighted by atomic mass is 16.5. The Labute approximate surface area is 122 Å². The van der Waals surface area contributed by atoms with Crippen LogP contribution >= 0.6 is 0 Å². The van der Waals surface area contributed by atoms with E-state index in [0.717, 1.165) is 5.75 Å². The summed E-state index contributed by atoms with van der Waals surface area (Å²) >= 11 is 0. The maximum atomic E-state index is 11.5. The van der Waals surface area contributed by atoms with E-state index in [1.54, 1.807) is 12.1 Å². The number of aliphatic hydroxyl groups excluding tert-OH is 1. The van der Waals surface area contributed by atoms with Gasteiger partial charge in [-0.1, -0.05) is 18.2 Å². The molecule has 0 saturated carbocycles. The van der Waals surface area contributed by atoms with Crippen LogP contribution in [0.4, 0.5) is 4.79 Å². The molecule has 0 spiro atoms. The second-order valence-electron chi connectivity index (χ2n) is 4.33. The number of amides is 2. The number of rotatable bonds is 7. The molecule has 0 aliphatic rings. The largest absolute Gasteiger partial charge is 0.492 e. The first-order chi connectivity index (χ1) is 10.3. The lowest BCUT2D eigenvalue weighted by molar-refractivity contribution is 0.147. The number of aliphatic hydroxyl groups is 1. The Balaban J connectivity index is 1.57. The van der Waals surface area contributed by atoms with Gasteiger partial charge in [0, 0.05) is 0 Å². The van der Waals surface area contributed by atoms with E-state index in [1.165, 1.54) is 6.26 Å². The summed E-state index contributed by atoms with van der Waals surface area (Å²) in [6.07, 6.45) is 0.617. The van der Waals surface area contributed by atoms with Gasteiger partial charge in [-0.3, -0.25) is 0 Å². The van der Waals surface area contributed by atoms with Crippen LogP contribution in [0.25, 0.3) is 0 Å². The van der Waals surface area contributed by atoms with Gasteiger partial charge in [-0.2, -0.15) is 0 Å². The monoisotopic (exact) mass is 290 g/mol. The van der Waals surface area contributed by atoms with E-state index in [-0.39, 0.29) is 12.6 Å². The molecular weight excluding hydrogens is 272 g/mol. The van der Waals surface area contributed by atoms with Crippen molar-refractivity contribution in [3.05, 3.63) is 54.5 Å². The fraction of sp³-hybridized carbons (Fsp3) is 0.267. The van der Waals surface area contributed by atoms with Crippen LogP contribution < -0.4 is 15.4 Å². The Kier molecular flexibility index (Phi) is 5.66. The number of benzene rings is 1. The summed E-state index contributed by atoms with van der Waals surface area (Å²) in [7, 11) is 0. The van der Waals surface area contributed by atoms with Crippen molar-refractivity contribution in [2.75, 3.05) is 19.7 Å². The topological polar surface area (TPSA) is 83.7 Å². The van der Waals surface area contributed by atoms with E-state index in [0.29, 0.717) is 18.9 Å². The third kappa shape index (κ3) is 5.19. The van der Waals surface area contributed by atoms with E-state index in [2.05, 4.69) is 10.6 Å². The van der Waals surface area contributed by atoms with Crippen molar-refractivity contribution >= 4 is 6.03 Å². The van der Waals surface area contributed by atoms with Gasteiger partial charge in [-0.05, 0) is 24.3 Å². The number of hydrogen-bond donors (Lipinski definition) is 3. The quantitative estimate of drug-likeness (QED) is 0.678. The van der Waals surface area contributed by atoms with Crippen molar-refractivity contribution in [3.63, 3.8) is 0 Å². The molecule has 1 atom stereocenters. The average molecular weight is 290 g/mol. The highest BCUT2D eigenvalue weighted by Crippen LogP contribution is 2.11. The van der Waals surface area contributed by atoms with Gasteiger partial charge < -0.3 is 24.9 Å². The molecule has 1 aromatic heterocycles. The number of para-hydroxylation sites is 1. The molecule has 3 N–H and O–H groups in total. The maximum absolute atomic E-state index is 11.5. The summed E-state index contributed by atoms with van der Waals surface area (Å²) in [5.41, 5.74) is 0. The SMILES string of the molecule is O=C(NCCOc1ccccc1)NCC(O)c1ccco1. The lowest BCUT2D eigenvalue weighted by Gasteiger charge is -2.11. The molecule has 0 bridgehead atoms. The maximum Gasteiger partial charge on any atom is 0.315 e. The molecule has 6 nitrogen and oxygen atoms in total. The van der Waals surface area contributed by atoms with Crippen LogP contribution in [0.15, 0.2) is 53.1 Å². The van der Waals surface area contributed by atoms with Gasteiger partial charge >= 0.3 is 6.03 Å². The molecule has 1 unspecified atom stereocenters. The highest BCUT2D eigenvalue weighted by Gasteiger charge is 2.11. The zero-order valence-electron chi connectivity index (χ0n) is 11.5. The molecular formula is C15H18N2O4. The molecule has 0 aliphatic heterocycles. The fourth-order valence-electron chi connectivity index (χ4n) is 1.68. The minimum atomic E-state index is -0.855. The van der Waals surface area contributed by atoms with Gasteiger partial charge in [-0.15, -0.1) is 0 Å². The zero-order valence-corrected chi connectivity index (χ0v) is 11.5. The molecule has 0 fully saturated rings. The Morgan fingerprint density at radius 1 is 1.19 bits per heavy atom. The van der Waals surface area contributed by atoms with E-state index >= 15 is 0 Å². The lowest BCUT2D eigenvalue weighted by atomic mass is 10.3. The number of carbonyl (C=O) groups is 1. The molecule has 112 valence electrons. The molecule has 2 rings (SSSR count). The van der Waals surface area contributed by atoms with Crippen LogP contribution in [-0.4, -0.2) is 30.8 Å². The summed E-state index contributed by atoms with van der Waals surface area (Å²) in [5.74, 6) is 1.18. The third-order valence-electron chi connectivity index (χ3n) is 2.73. The van der Waals surface area contributed by atoms with Gasteiger partial charge in [0.15, 0.2) is 0 Å². The molecule has 2 amide bonds. The Hall–Kier alpha value is -2.47. The summed E-state index contributed by atoms with van der Waals surface area (Å²) in [5, 5.41) is 14.9. The van der Waals surface area contributed by atoms with Gasteiger partial charge in [0.2, 0.25) is 0 Å². The number of nitrogens with one attached hydrogen (secondary N) is 2. The first-order valence-electron chi connectivity index (χ1n) is 6.67. The smallest absolute Gasteiger partial charge is 0.315 e. The van der Waals surface area contributed by atoms with Crippen molar-refractivity contribution in [1.29, 1.82) is 0 Å². The summed E-state index contributed by atoms with van der Waals surface area (Å²) in [6, 6.07) is 12.3. The van der Waals surface area contributed by atoms with Crippen LogP contribution in [0.2, 0.25) is 0 Å². The van der Waals surface area contributed by atoms with Crippen molar-refractivity contribution in [2.45, 2.75) is 6.10 Å². The summed E-state index contributed by atoms with van der Waals surface area (Å²) in [4.78, 5) is 11.5.